The van der Waals surface area contributed by atoms with Crippen LogP contribution in [0, 0.1) is 11.8 Å². The third-order valence-electron chi connectivity index (χ3n) is 5.53. The summed E-state index contributed by atoms with van der Waals surface area (Å²) in [4.78, 5) is 14.4. The third-order valence-corrected chi connectivity index (χ3v) is 5.53. The van der Waals surface area contributed by atoms with Crippen molar-refractivity contribution in [1.82, 2.24) is 10.2 Å². The molecule has 4 rings (SSSR count). The molecule has 1 saturated heterocycles. The van der Waals surface area contributed by atoms with Gasteiger partial charge in [0.2, 0.25) is 12.7 Å². The number of amides is 1. The molecule has 0 bridgehead atoms. The Bertz CT molecular complexity index is 615. The average molecular weight is 330 g/mol. The first kappa shape index (κ1) is 15.8. The van der Waals surface area contributed by atoms with Crippen LogP contribution in [0.3, 0.4) is 0 Å². The number of hydrogen-bond donors (Lipinski definition) is 1. The van der Waals surface area contributed by atoms with Crippen molar-refractivity contribution in [3.05, 3.63) is 23.8 Å². The third kappa shape index (κ3) is 3.09. The Morgan fingerprint density at radius 3 is 2.96 bits per heavy atom. The zero-order valence-corrected chi connectivity index (χ0v) is 14.3. The molecule has 5 heteroatoms. The molecule has 3 aliphatic rings. The lowest BCUT2D eigenvalue weighted by Crippen LogP contribution is -2.51. The molecule has 2 heterocycles. The highest BCUT2D eigenvalue weighted by molar-refractivity contribution is 5.81. The maximum atomic E-state index is 12.3. The van der Waals surface area contributed by atoms with E-state index in [1.54, 1.807) is 0 Å². The van der Waals surface area contributed by atoms with Crippen molar-refractivity contribution in [1.29, 1.82) is 0 Å². The fraction of sp³-hybridized carbons (Fsp3) is 0.632. The molecule has 1 aromatic rings. The van der Waals surface area contributed by atoms with Gasteiger partial charge in [0.25, 0.3) is 0 Å². The summed E-state index contributed by atoms with van der Waals surface area (Å²) in [6.45, 7) is 5.10. The first-order valence-corrected chi connectivity index (χ1v) is 9.16. The summed E-state index contributed by atoms with van der Waals surface area (Å²) in [5, 5.41) is 3.70. The molecule has 5 nitrogen and oxygen atoms in total. The minimum Gasteiger partial charge on any atom is -0.454 e. The van der Waals surface area contributed by atoms with Crippen LogP contribution in [0.5, 0.6) is 11.5 Å². The Hall–Kier alpha value is -1.75. The van der Waals surface area contributed by atoms with Crippen LogP contribution < -0.4 is 14.8 Å². The highest BCUT2D eigenvalue weighted by Crippen LogP contribution is 2.36. The number of nitrogens with zero attached hydrogens (tertiary/aromatic N) is 1. The number of hydrogen-bond acceptors (Lipinski definition) is 4. The first-order valence-electron chi connectivity index (χ1n) is 9.16. The molecule has 1 amide bonds. The highest BCUT2D eigenvalue weighted by atomic mass is 16.7. The number of rotatable bonds is 5. The van der Waals surface area contributed by atoms with E-state index >= 15 is 0 Å². The molecule has 0 spiro atoms. The number of fused-ring (bicyclic) bond motifs is 1. The van der Waals surface area contributed by atoms with Crippen molar-refractivity contribution in [2.24, 2.45) is 11.8 Å². The molecule has 1 aromatic carbocycles. The van der Waals surface area contributed by atoms with Gasteiger partial charge in [0, 0.05) is 37.2 Å². The van der Waals surface area contributed by atoms with Gasteiger partial charge in [0.15, 0.2) is 11.5 Å². The fourth-order valence-corrected chi connectivity index (χ4v) is 3.87. The topological polar surface area (TPSA) is 50.8 Å². The molecule has 2 fully saturated rings. The van der Waals surface area contributed by atoms with Crippen LogP contribution in [0.25, 0.3) is 0 Å². The summed E-state index contributed by atoms with van der Waals surface area (Å²) in [7, 11) is 0. The van der Waals surface area contributed by atoms with Crippen LogP contribution in [0.1, 0.15) is 38.2 Å². The Labute approximate surface area is 143 Å². The van der Waals surface area contributed by atoms with Crippen molar-refractivity contribution in [2.75, 3.05) is 19.9 Å². The van der Waals surface area contributed by atoms with Gasteiger partial charge in [0.1, 0.15) is 0 Å². The number of piperidine rings is 1. The largest absolute Gasteiger partial charge is 0.454 e. The molecule has 0 unspecified atom stereocenters. The lowest BCUT2D eigenvalue weighted by atomic mass is 9.89. The highest BCUT2D eigenvalue weighted by Gasteiger charge is 2.37. The van der Waals surface area contributed by atoms with E-state index in [1.165, 1.54) is 0 Å². The maximum absolute atomic E-state index is 12.3. The minimum atomic E-state index is 0.311. The predicted molar refractivity (Wildman–Crippen MR) is 90.9 cm³/mol. The number of nitrogens with one attached hydrogen (secondary N) is 1. The van der Waals surface area contributed by atoms with E-state index in [-0.39, 0.29) is 0 Å². The molecule has 2 atom stereocenters. The van der Waals surface area contributed by atoms with Crippen LogP contribution >= 0.6 is 0 Å². The Morgan fingerprint density at radius 2 is 2.17 bits per heavy atom. The summed E-state index contributed by atoms with van der Waals surface area (Å²) in [5.41, 5.74) is 1.15. The lowest BCUT2D eigenvalue weighted by molar-refractivity contribution is -0.134. The summed E-state index contributed by atoms with van der Waals surface area (Å²) >= 11 is 0. The number of carbonyl (C=O) groups excluding carboxylic acids is 1. The van der Waals surface area contributed by atoms with Gasteiger partial charge >= 0.3 is 0 Å². The smallest absolute Gasteiger partial charge is 0.231 e. The van der Waals surface area contributed by atoms with Crippen molar-refractivity contribution in [3.8, 4) is 11.5 Å². The normalized spacial score (nSPS) is 25.8. The molecule has 0 aromatic heterocycles. The van der Waals surface area contributed by atoms with E-state index in [0.29, 0.717) is 30.6 Å². The van der Waals surface area contributed by atoms with Crippen LogP contribution in [0.4, 0.5) is 0 Å². The lowest BCUT2D eigenvalue weighted by Gasteiger charge is -2.39. The van der Waals surface area contributed by atoms with Gasteiger partial charge in [-0.15, -0.1) is 0 Å². The Morgan fingerprint density at radius 1 is 1.29 bits per heavy atom. The van der Waals surface area contributed by atoms with Gasteiger partial charge in [-0.3, -0.25) is 4.79 Å². The second-order valence-corrected chi connectivity index (χ2v) is 7.15. The standard InChI is InChI=1S/C19H26N2O3/c1-2-13-11-21(19(22)14-6-7-14)9-8-16(13)20-10-15-4-3-5-17-18(15)24-12-23-17/h3-5,13-14,16,20H,2,6-12H2,1H3/t13-,16-/m1/s1. The average Bonchev–Trinajstić information content (AvgIpc) is 3.36. The predicted octanol–water partition coefficient (Wildman–Crippen LogP) is 2.54. The van der Waals surface area contributed by atoms with Crippen molar-refractivity contribution in [2.45, 2.75) is 45.2 Å². The molecular formula is C19H26N2O3. The maximum Gasteiger partial charge on any atom is 0.231 e. The van der Waals surface area contributed by atoms with Gasteiger partial charge in [0.05, 0.1) is 0 Å². The van der Waals surface area contributed by atoms with Crippen LogP contribution in [0.15, 0.2) is 18.2 Å². The number of carbonyl (C=O) groups is 1. The molecule has 1 N–H and O–H groups in total. The fourth-order valence-electron chi connectivity index (χ4n) is 3.87. The number of likely N-dealkylation sites (tertiary alicyclic amines) is 1. The van der Waals surface area contributed by atoms with E-state index < -0.39 is 0 Å². The van der Waals surface area contributed by atoms with E-state index in [9.17, 15) is 4.79 Å². The summed E-state index contributed by atoms with van der Waals surface area (Å²) in [6, 6.07) is 6.51. The second-order valence-electron chi connectivity index (χ2n) is 7.15. The van der Waals surface area contributed by atoms with Crippen molar-refractivity contribution >= 4 is 5.91 Å². The van der Waals surface area contributed by atoms with Crippen LogP contribution in [0.2, 0.25) is 0 Å². The molecule has 0 radical (unpaired) electrons. The van der Waals surface area contributed by atoms with Gasteiger partial charge in [-0.05, 0) is 31.2 Å². The summed E-state index contributed by atoms with van der Waals surface area (Å²) in [6.07, 6.45) is 4.31. The Kier molecular flexibility index (Phi) is 4.35. The number of benzene rings is 1. The molecule has 1 saturated carbocycles. The molecule has 130 valence electrons. The second kappa shape index (κ2) is 6.63. The van der Waals surface area contributed by atoms with E-state index in [2.05, 4.69) is 23.2 Å². The first-order chi connectivity index (χ1) is 11.8. The zero-order chi connectivity index (χ0) is 16.5. The van der Waals surface area contributed by atoms with Gasteiger partial charge in [-0.1, -0.05) is 25.5 Å². The van der Waals surface area contributed by atoms with E-state index in [4.69, 9.17) is 9.47 Å². The van der Waals surface area contributed by atoms with Crippen LogP contribution in [-0.2, 0) is 11.3 Å². The summed E-state index contributed by atoms with van der Waals surface area (Å²) in [5.74, 6) is 2.95. The monoisotopic (exact) mass is 330 g/mol. The molecule has 2 aliphatic heterocycles. The van der Waals surface area contributed by atoms with Gasteiger partial charge in [-0.2, -0.15) is 0 Å². The van der Waals surface area contributed by atoms with Gasteiger partial charge < -0.3 is 19.7 Å². The quantitative estimate of drug-likeness (QED) is 0.901. The zero-order valence-electron chi connectivity index (χ0n) is 14.3. The SMILES string of the molecule is CC[C@@H]1CN(C(=O)C2CC2)CC[C@H]1NCc1cccc2c1OCO2. The van der Waals surface area contributed by atoms with Crippen LogP contribution in [-0.4, -0.2) is 36.7 Å². The number of ether oxygens (including phenoxy) is 2. The van der Waals surface area contributed by atoms with Gasteiger partial charge in [-0.25, -0.2) is 0 Å². The molecular weight excluding hydrogens is 304 g/mol. The van der Waals surface area contributed by atoms with E-state index in [1.807, 2.05) is 12.1 Å². The van der Waals surface area contributed by atoms with E-state index in [0.717, 1.165) is 62.4 Å². The molecule has 1 aliphatic carbocycles. The van der Waals surface area contributed by atoms with Crippen molar-refractivity contribution < 1.29 is 14.3 Å². The summed E-state index contributed by atoms with van der Waals surface area (Å²) < 4.78 is 11.0. The Balaban J connectivity index is 1.36. The number of para-hydroxylation sites is 1. The van der Waals surface area contributed by atoms with Crippen molar-refractivity contribution in [3.63, 3.8) is 0 Å². The molecule has 24 heavy (non-hydrogen) atoms. The minimum absolute atomic E-state index is 0.311.